The van der Waals surface area contributed by atoms with E-state index in [4.69, 9.17) is 32.8 Å². The van der Waals surface area contributed by atoms with Crippen LogP contribution in [0.25, 0.3) is 11.0 Å². The van der Waals surface area contributed by atoms with Crippen LogP contribution in [0.2, 0.25) is 0 Å². The number of methoxy groups -OCH3 is 1. The van der Waals surface area contributed by atoms with Crippen LogP contribution in [-0.4, -0.2) is 43.5 Å². The molecule has 0 bridgehead atoms. The number of fused-ring (bicyclic) bond motifs is 2. The number of aryl methyl sites for hydroxylation is 1. The molecular weight excluding hydrogens is 456 g/mol. The Hall–Kier alpha value is -3.56. The van der Waals surface area contributed by atoms with E-state index < -0.39 is 42.0 Å². The van der Waals surface area contributed by atoms with Crippen molar-refractivity contribution in [2.24, 2.45) is 0 Å². The van der Waals surface area contributed by atoms with Crippen molar-refractivity contribution in [2.75, 3.05) is 7.11 Å². The van der Waals surface area contributed by atoms with E-state index in [0.29, 0.717) is 34.6 Å². The van der Waals surface area contributed by atoms with Gasteiger partial charge in [0.25, 0.3) is 0 Å². The summed E-state index contributed by atoms with van der Waals surface area (Å²) in [6.07, 6.45) is -3.84. The van der Waals surface area contributed by atoms with Gasteiger partial charge in [-0.3, -0.25) is 0 Å². The highest BCUT2D eigenvalue weighted by Crippen LogP contribution is 2.40. The largest absolute Gasteiger partial charge is 0.509 e. The summed E-state index contributed by atoms with van der Waals surface area (Å²) < 4.78 is 39.9. The maximum atomic E-state index is 12.3. The molecule has 4 atom stereocenters. The Morgan fingerprint density at radius 2 is 1.71 bits per heavy atom. The standard InChI is InChI=1S/C26H26O9/c1-14-17(31-24-22-21(33-25(28)34-22)23(29-4)26(2,3)35-24)11-10-16-18(12-19(27)32-20(14)16)30-13-15-8-6-5-7-9-15/h5-12,21-24H,13H2,1-4H3/t21-,22+,23+,24+/m0/s1. The van der Waals surface area contributed by atoms with Gasteiger partial charge in [0.15, 0.2) is 6.10 Å². The van der Waals surface area contributed by atoms with E-state index in [0.717, 1.165) is 5.56 Å². The Kier molecular flexibility index (Phi) is 5.90. The van der Waals surface area contributed by atoms with Crippen LogP contribution in [0.5, 0.6) is 11.5 Å². The summed E-state index contributed by atoms with van der Waals surface area (Å²) >= 11 is 0. The number of hydrogen-bond acceptors (Lipinski definition) is 9. The second-order valence-corrected chi connectivity index (χ2v) is 9.05. The van der Waals surface area contributed by atoms with Gasteiger partial charge in [-0.2, -0.15) is 0 Å². The average Bonchev–Trinajstić information content (AvgIpc) is 3.21. The number of benzene rings is 2. The summed E-state index contributed by atoms with van der Waals surface area (Å²) in [5, 5.41) is 0.628. The first-order chi connectivity index (χ1) is 16.8. The molecular formula is C26H26O9. The molecule has 2 fully saturated rings. The molecule has 0 aliphatic carbocycles. The Labute approximate surface area is 201 Å². The maximum Gasteiger partial charge on any atom is 0.509 e. The lowest BCUT2D eigenvalue weighted by molar-refractivity contribution is -0.282. The predicted molar refractivity (Wildman–Crippen MR) is 124 cm³/mol. The summed E-state index contributed by atoms with van der Waals surface area (Å²) in [5.41, 5.74) is 0.502. The zero-order valence-corrected chi connectivity index (χ0v) is 19.8. The normalized spacial score (nSPS) is 25.0. The third-order valence-corrected chi connectivity index (χ3v) is 6.27. The Bertz CT molecular complexity index is 1300. The fourth-order valence-electron chi connectivity index (χ4n) is 4.59. The van der Waals surface area contributed by atoms with Crippen molar-refractivity contribution >= 4 is 17.1 Å². The number of carbonyl (C=O) groups excluding carboxylic acids is 1. The highest BCUT2D eigenvalue weighted by Gasteiger charge is 2.59. The molecule has 3 aromatic rings. The first kappa shape index (κ1) is 23.2. The lowest BCUT2D eigenvalue weighted by Crippen LogP contribution is -2.62. The van der Waals surface area contributed by atoms with Crippen LogP contribution in [0.1, 0.15) is 25.0 Å². The summed E-state index contributed by atoms with van der Waals surface area (Å²) in [4.78, 5) is 24.2. The lowest BCUT2D eigenvalue weighted by Gasteiger charge is -2.45. The molecule has 35 heavy (non-hydrogen) atoms. The molecule has 9 heteroatoms. The Balaban J connectivity index is 1.45. The maximum absolute atomic E-state index is 12.3. The third-order valence-electron chi connectivity index (χ3n) is 6.27. The molecule has 5 rings (SSSR count). The van der Waals surface area contributed by atoms with Gasteiger partial charge in [-0.15, -0.1) is 0 Å². The van der Waals surface area contributed by atoms with E-state index in [-0.39, 0.29) is 0 Å². The molecule has 9 nitrogen and oxygen atoms in total. The number of rotatable bonds is 6. The van der Waals surface area contributed by atoms with Crippen molar-refractivity contribution < 1.29 is 37.6 Å². The molecule has 0 N–H and O–H groups in total. The van der Waals surface area contributed by atoms with Gasteiger partial charge in [-0.1, -0.05) is 30.3 Å². The lowest BCUT2D eigenvalue weighted by atomic mass is 9.89. The molecule has 2 aliphatic heterocycles. The van der Waals surface area contributed by atoms with Crippen LogP contribution in [0.3, 0.4) is 0 Å². The minimum atomic E-state index is -0.965. The van der Waals surface area contributed by atoms with E-state index in [9.17, 15) is 9.59 Å². The van der Waals surface area contributed by atoms with Crippen molar-refractivity contribution in [3.8, 4) is 11.5 Å². The van der Waals surface area contributed by atoms with Gasteiger partial charge < -0.3 is 32.8 Å². The van der Waals surface area contributed by atoms with E-state index >= 15 is 0 Å². The summed E-state index contributed by atoms with van der Waals surface area (Å²) in [6.45, 7) is 5.71. The summed E-state index contributed by atoms with van der Waals surface area (Å²) in [5.74, 6) is 0.810. The highest BCUT2D eigenvalue weighted by molar-refractivity contribution is 5.87. The third kappa shape index (κ3) is 4.33. The van der Waals surface area contributed by atoms with Crippen molar-refractivity contribution in [3.05, 3.63) is 70.1 Å². The number of carbonyl (C=O) groups is 1. The van der Waals surface area contributed by atoms with Gasteiger partial charge in [-0.05, 0) is 38.5 Å². The smallest absolute Gasteiger partial charge is 0.488 e. The molecule has 0 radical (unpaired) electrons. The molecule has 1 aromatic heterocycles. The molecule has 0 unspecified atom stereocenters. The number of hydrogen-bond donors (Lipinski definition) is 0. The molecule has 0 saturated carbocycles. The first-order valence-electron chi connectivity index (χ1n) is 11.3. The van der Waals surface area contributed by atoms with Gasteiger partial charge in [0, 0.05) is 12.7 Å². The van der Waals surface area contributed by atoms with Gasteiger partial charge in [0.1, 0.15) is 29.8 Å². The molecule has 0 spiro atoms. The topological polar surface area (TPSA) is 103 Å². The summed E-state index contributed by atoms with van der Waals surface area (Å²) in [7, 11) is 1.52. The molecule has 184 valence electrons. The fraction of sp³-hybridized carbons (Fsp3) is 0.385. The van der Waals surface area contributed by atoms with Crippen molar-refractivity contribution in [3.63, 3.8) is 0 Å². The van der Waals surface area contributed by atoms with Crippen LogP contribution in [-0.2, 0) is 25.6 Å². The van der Waals surface area contributed by atoms with Crippen molar-refractivity contribution in [1.82, 2.24) is 0 Å². The average molecular weight is 482 g/mol. The van der Waals surface area contributed by atoms with E-state index in [1.807, 2.05) is 44.2 Å². The second kappa shape index (κ2) is 8.90. The van der Waals surface area contributed by atoms with Gasteiger partial charge in [0.2, 0.25) is 12.4 Å². The van der Waals surface area contributed by atoms with Crippen molar-refractivity contribution in [2.45, 2.75) is 57.6 Å². The number of ether oxygens (including phenoxy) is 6. The van der Waals surface area contributed by atoms with E-state index in [2.05, 4.69) is 0 Å². The van der Waals surface area contributed by atoms with E-state index in [1.165, 1.54) is 13.2 Å². The quantitative estimate of drug-likeness (QED) is 0.379. The van der Waals surface area contributed by atoms with Gasteiger partial charge >= 0.3 is 11.8 Å². The first-order valence-corrected chi connectivity index (χ1v) is 11.3. The zero-order chi connectivity index (χ0) is 24.7. The minimum absolute atomic E-state index is 0.302. The predicted octanol–water partition coefficient (Wildman–Crippen LogP) is 4.11. The van der Waals surface area contributed by atoms with E-state index in [1.54, 1.807) is 19.1 Å². The minimum Gasteiger partial charge on any atom is -0.488 e. The van der Waals surface area contributed by atoms with Crippen LogP contribution in [0, 0.1) is 6.92 Å². The Morgan fingerprint density at radius 1 is 0.971 bits per heavy atom. The van der Waals surface area contributed by atoms with Gasteiger partial charge in [0.05, 0.1) is 17.1 Å². The molecule has 2 saturated heterocycles. The van der Waals surface area contributed by atoms with Crippen LogP contribution in [0.15, 0.2) is 57.7 Å². The molecule has 0 amide bonds. The Morgan fingerprint density at radius 3 is 2.46 bits per heavy atom. The zero-order valence-electron chi connectivity index (χ0n) is 19.8. The molecule has 2 aliphatic rings. The highest BCUT2D eigenvalue weighted by atomic mass is 16.8. The second-order valence-electron chi connectivity index (χ2n) is 9.05. The summed E-state index contributed by atoms with van der Waals surface area (Å²) in [6, 6.07) is 14.5. The molecule has 3 heterocycles. The van der Waals surface area contributed by atoms with Crippen LogP contribution in [0.4, 0.5) is 4.79 Å². The molecule has 2 aromatic carbocycles. The van der Waals surface area contributed by atoms with Crippen LogP contribution >= 0.6 is 0 Å². The van der Waals surface area contributed by atoms with Crippen LogP contribution < -0.4 is 15.1 Å². The SMILES string of the molecule is CO[C@@H]1[C@H]2OC(=O)O[C@H]2[C@H](Oc2ccc3c(OCc4ccccc4)cc(=O)oc3c2C)OC1(C)C. The fourth-order valence-corrected chi connectivity index (χ4v) is 4.59. The van der Waals surface area contributed by atoms with Crippen molar-refractivity contribution in [1.29, 1.82) is 0 Å². The van der Waals surface area contributed by atoms with Gasteiger partial charge in [-0.25, -0.2) is 9.59 Å². The monoisotopic (exact) mass is 482 g/mol.